The number of carbonyl (C=O) groups is 2. The number of ether oxygens (including phenoxy) is 1. The van der Waals surface area contributed by atoms with Crippen LogP contribution in [0.2, 0.25) is 0 Å². The summed E-state index contributed by atoms with van der Waals surface area (Å²) in [5.41, 5.74) is 4.33. The molecule has 2 aromatic rings. The van der Waals surface area contributed by atoms with E-state index in [2.05, 4.69) is 11.4 Å². The number of benzene rings is 2. The van der Waals surface area contributed by atoms with Gasteiger partial charge >= 0.3 is 6.03 Å². The van der Waals surface area contributed by atoms with E-state index in [1.165, 1.54) is 11.1 Å². The van der Waals surface area contributed by atoms with E-state index in [1.807, 2.05) is 44.2 Å². The van der Waals surface area contributed by atoms with Crippen molar-refractivity contribution in [2.24, 2.45) is 0 Å². The van der Waals surface area contributed by atoms with E-state index in [-0.39, 0.29) is 19.1 Å². The van der Waals surface area contributed by atoms with E-state index >= 15 is 0 Å². The summed E-state index contributed by atoms with van der Waals surface area (Å²) in [7, 11) is 0. The highest BCUT2D eigenvalue weighted by Gasteiger charge is 2.49. The Morgan fingerprint density at radius 1 is 1.13 bits per heavy atom. The zero-order valence-corrected chi connectivity index (χ0v) is 17.7. The molecule has 1 heterocycles. The molecule has 2 aromatic carbocycles. The molecule has 0 saturated carbocycles. The number of imide groups is 1. The third-order valence-electron chi connectivity index (χ3n) is 6.11. The second-order valence-electron chi connectivity index (χ2n) is 8.54. The topological polar surface area (TPSA) is 78.9 Å². The van der Waals surface area contributed by atoms with Crippen LogP contribution < -0.4 is 10.1 Å². The van der Waals surface area contributed by atoms with Crippen LogP contribution in [0.5, 0.6) is 5.75 Å². The zero-order valence-electron chi connectivity index (χ0n) is 17.7. The Labute approximate surface area is 176 Å². The molecule has 0 spiro atoms. The van der Waals surface area contributed by atoms with Gasteiger partial charge in [0.25, 0.3) is 5.91 Å². The van der Waals surface area contributed by atoms with Crippen molar-refractivity contribution in [1.29, 1.82) is 0 Å². The van der Waals surface area contributed by atoms with Crippen LogP contribution in [-0.4, -0.2) is 41.2 Å². The Hall–Kier alpha value is -2.86. The quantitative estimate of drug-likeness (QED) is 0.721. The molecule has 0 bridgehead atoms. The van der Waals surface area contributed by atoms with E-state index in [0.29, 0.717) is 5.75 Å². The third-order valence-corrected chi connectivity index (χ3v) is 6.11. The van der Waals surface area contributed by atoms with Crippen molar-refractivity contribution in [3.8, 4) is 5.75 Å². The van der Waals surface area contributed by atoms with Gasteiger partial charge in [0, 0.05) is 0 Å². The van der Waals surface area contributed by atoms with Gasteiger partial charge < -0.3 is 15.2 Å². The van der Waals surface area contributed by atoms with Gasteiger partial charge in [0.15, 0.2) is 0 Å². The maximum Gasteiger partial charge on any atom is 0.325 e. The number of hydrogen-bond acceptors (Lipinski definition) is 4. The smallest absolute Gasteiger partial charge is 0.325 e. The number of nitrogens with one attached hydrogen (secondary N) is 1. The molecule has 6 heteroatoms. The summed E-state index contributed by atoms with van der Waals surface area (Å²) in [5, 5.41) is 13.2. The van der Waals surface area contributed by atoms with E-state index in [0.717, 1.165) is 40.9 Å². The Morgan fingerprint density at radius 2 is 1.90 bits per heavy atom. The number of fused-ring (bicyclic) bond motifs is 1. The summed E-state index contributed by atoms with van der Waals surface area (Å²) in [5.74, 6) is 0.329. The molecule has 2 unspecified atom stereocenters. The van der Waals surface area contributed by atoms with Gasteiger partial charge in [0.05, 0.1) is 6.54 Å². The summed E-state index contributed by atoms with van der Waals surface area (Å²) in [4.78, 5) is 26.8. The molecule has 30 heavy (non-hydrogen) atoms. The highest BCUT2D eigenvalue weighted by atomic mass is 16.5. The molecule has 3 amide bonds. The van der Waals surface area contributed by atoms with E-state index in [4.69, 9.17) is 4.74 Å². The largest absolute Gasteiger partial charge is 0.491 e. The van der Waals surface area contributed by atoms with E-state index in [1.54, 1.807) is 6.92 Å². The van der Waals surface area contributed by atoms with Crippen LogP contribution in [-0.2, 0) is 23.2 Å². The monoisotopic (exact) mass is 408 g/mol. The van der Waals surface area contributed by atoms with Gasteiger partial charge in [-0.2, -0.15) is 0 Å². The second-order valence-corrected chi connectivity index (χ2v) is 8.54. The van der Waals surface area contributed by atoms with Crippen molar-refractivity contribution in [2.45, 2.75) is 51.7 Å². The first-order valence-electron chi connectivity index (χ1n) is 10.4. The molecule has 1 aliphatic carbocycles. The van der Waals surface area contributed by atoms with Crippen molar-refractivity contribution in [2.75, 3.05) is 13.2 Å². The average molecular weight is 408 g/mol. The average Bonchev–Trinajstić information content (AvgIpc) is 3.25. The summed E-state index contributed by atoms with van der Waals surface area (Å²) in [6.07, 6.45) is 2.20. The number of nitrogens with zero attached hydrogens (tertiary/aromatic N) is 1. The summed E-state index contributed by atoms with van der Waals surface area (Å²) in [6.45, 7) is 5.55. The van der Waals surface area contributed by atoms with Crippen LogP contribution in [0.25, 0.3) is 0 Å². The van der Waals surface area contributed by atoms with Crippen LogP contribution in [0.15, 0.2) is 36.4 Å². The maximum atomic E-state index is 13.1. The minimum atomic E-state index is -1.12. The number of β-amino-alcohol motifs (C(OH)–C–C–N with tert-alkyl or cyclic N) is 1. The highest BCUT2D eigenvalue weighted by Crippen LogP contribution is 2.32. The van der Waals surface area contributed by atoms with Gasteiger partial charge in [-0.15, -0.1) is 0 Å². The molecular weight excluding hydrogens is 380 g/mol. The lowest BCUT2D eigenvalue weighted by Gasteiger charge is -2.24. The van der Waals surface area contributed by atoms with Crippen LogP contribution in [0.3, 0.4) is 0 Å². The first-order chi connectivity index (χ1) is 14.3. The molecule has 4 rings (SSSR count). The number of urea groups is 1. The molecule has 1 saturated heterocycles. The second kappa shape index (κ2) is 7.76. The first-order valence-corrected chi connectivity index (χ1v) is 10.4. The minimum Gasteiger partial charge on any atom is -0.491 e. The Bertz CT molecular complexity index is 1000. The van der Waals surface area contributed by atoms with Crippen LogP contribution in [0, 0.1) is 13.8 Å². The fourth-order valence-corrected chi connectivity index (χ4v) is 4.35. The van der Waals surface area contributed by atoms with Crippen molar-refractivity contribution in [3.63, 3.8) is 0 Å². The van der Waals surface area contributed by atoms with Gasteiger partial charge in [-0.05, 0) is 68.4 Å². The molecule has 158 valence electrons. The molecule has 1 fully saturated rings. The molecule has 0 aromatic heterocycles. The number of aliphatic hydroxyl groups is 1. The number of hydrogen-bond donors (Lipinski definition) is 2. The number of aliphatic hydroxyl groups excluding tert-OH is 1. The Kier molecular flexibility index (Phi) is 5.28. The summed E-state index contributed by atoms with van der Waals surface area (Å²) in [6, 6.07) is 11.3. The lowest BCUT2D eigenvalue weighted by Crippen LogP contribution is -2.42. The number of rotatable bonds is 6. The Balaban J connectivity index is 1.43. The standard InChI is InChI=1S/C24H28N2O4/c1-15-7-10-21(16(2)11-15)30-14-20(27)13-26-22(28)24(3,25-23(26)29)19-9-8-17-5-4-6-18(17)12-19/h7-12,20,27H,4-6,13-14H2,1-3H3,(H,25,29). The van der Waals surface area contributed by atoms with Crippen molar-refractivity contribution in [1.82, 2.24) is 10.2 Å². The van der Waals surface area contributed by atoms with Gasteiger partial charge in [-0.1, -0.05) is 35.9 Å². The minimum absolute atomic E-state index is 0.00345. The fourth-order valence-electron chi connectivity index (χ4n) is 4.35. The van der Waals surface area contributed by atoms with E-state index in [9.17, 15) is 14.7 Å². The van der Waals surface area contributed by atoms with Crippen molar-refractivity contribution in [3.05, 3.63) is 64.2 Å². The van der Waals surface area contributed by atoms with Crippen LogP contribution >= 0.6 is 0 Å². The normalized spacial score (nSPS) is 21.5. The molecule has 1 aliphatic heterocycles. The van der Waals surface area contributed by atoms with Crippen LogP contribution in [0.4, 0.5) is 4.79 Å². The molecular formula is C24H28N2O4. The van der Waals surface area contributed by atoms with Gasteiger partial charge in [-0.3, -0.25) is 9.69 Å². The lowest BCUT2D eigenvalue weighted by atomic mass is 9.89. The van der Waals surface area contributed by atoms with Gasteiger partial charge in [0.1, 0.15) is 24.0 Å². The predicted octanol–water partition coefficient (Wildman–Crippen LogP) is 3.00. The molecule has 6 nitrogen and oxygen atoms in total. The van der Waals surface area contributed by atoms with Gasteiger partial charge in [0.2, 0.25) is 0 Å². The molecule has 2 atom stereocenters. The SMILES string of the molecule is Cc1ccc(OCC(O)CN2C(=O)NC(C)(c3ccc4c(c3)CCC4)C2=O)c(C)c1. The number of amides is 3. The zero-order chi connectivity index (χ0) is 21.5. The fraction of sp³-hybridized carbons (Fsp3) is 0.417. The van der Waals surface area contributed by atoms with Crippen molar-refractivity contribution < 1.29 is 19.4 Å². The predicted molar refractivity (Wildman–Crippen MR) is 113 cm³/mol. The highest BCUT2D eigenvalue weighted by molar-refractivity contribution is 6.07. The summed E-state index contributed by atoms with van der Waals surface area (Å²) >= 11 is 0. The molecule has 2 N–H and O–H groups in total. The van der Waals surface area contributed by atoms with E-state index < -0.39 is 17.7 Å². The number of aryl methyl sites for hydroxylation is 4. The summed E-state index contributed by atoms with van der Waals surface area (Å²) < 4.78 is 5.70. The molecule has 2 aliphatic rings. The molecule has 0 radical (unpaired) electrons. The van der Waals surface area contributed by atoms with Crippen molar-refractivity contribution >= 4 is 11.9 Å². The maximum absolute atomic E-state index is 13.1. The number of carbonyl (C=O) groups excluding carboxylic acids is 2. The van der Waals surface area contributed by atoms with Crippen LogP contribution in [0.1, 0.15) is 41.2 Å². The third kappa shape index (κ3) is 3.67. The lowest BCUT2D eigenvalue weighted by molar-refractivity contribution is -0.132. The van der Waals surface area contributed by atoms with Gasteiger partial charge in [-0.25, -0.2) is 4.79 Å². The first kappa shape index (κ1) is 20.4. The Morgan fingerprint density at radius 3 is 2.67 bits per heavy atom.